The molecule has 0 spiro atoms. The van der Waals surface area contributed by atoms with Gasteiger partial charge in [-0.3, -0.25) is 4.98 Å². The number of piperidine rings is 1. The zero-order valence-electron chi connectivity index (χ0n) is 12.5. The van der Waals surface area contributed by atoms with E-state index in [0.29, 0.717) is 0 Å². The maximum atomic E-state index is 4.24. The monoisotopic (exact) mass is 322 g/mol. The van der Waals surface area contributed by atoms with Gasteiger partial charge in [-0.15, -0.1) is 24.2 Å². The third kappa shape index (κ3) is 4.12. The second-order valence-electron chi connectivity index (χ2n) is 5.50. The number of aromatic nitrogens is 1. The molecule has 1 aromatic heterocycles. The number of nitrogens with zero attached hydrogens (tertiary/aromatic N) is 1. The molecule has 2 heterocycles. The van der Waals surface area contributed by atoms with Gasteiger partial charge in [0.1, 0.15) is 0 Å². The second-order valence-corrected chi connectivity index (χ2v) is 6.84. The lowest BCUT2D eigenvalue weighted by Gasteiger charge is -2.23. The van der Waals surface area contributed by atoms with E-state index < -0.39 is 0 Å². The molecule has 0 unspecified atom stereocenters. The Labute approximate surface area is 137 Å². The third-order valence-corrected chi connectivity index (χ3v) is 5.36. The summed E-state index contributed by atoms with van der Waals surface area (Å²) in [5.74, 6) is 0. The molecule has 0 aliphatic carbocycles. The molecule has 21 heavy (non-hydrogen) atoms. The lowest BCUT2D eigenvalue weighted by molar-refractivity contribution is 0.531. The number of hydrogen-bond donors (Lipinski definition) is 1. The molecule has 0 saturated carbocycles. The molecule has 2 aromatic rings. The number of rotatable bonds is 4. The number of hydrogen-bond acceptors (Lipinski definition) is 3. The highest BCUT2D eigenvalue weighted by molar-refractivity contribution is 8.00. The number of halogens is 1. The summed E-state index contributed by atoms with van der Waals surface area (Å²) in [6.07, 6.45) is 8.80. The van der Waals surface area contributed by atoms with Gasteiger partial charge in [0.15, 0.2) is 0 Å². The van der Waals surface area contributed by atoms with Crippen molar-refractivity contribution < 1.29 is 0 Å². The van der Waals surface area contributed by atoms with Crippen molar-refractivity contribution in [2.24, 2.45) is 0 Å². The van der Waals surface area contributed by atoms with Crippen LogP contribution in [0.3, 0.4) is 0 Å². The predicted octanol–water partition coefficient (Wildman–Crippen LogP) is 4.45. The van der Waals surface area contributed by atoms with Crippen LogP contribution in [0.4, 0.5) is 0 Å². The van der Waals surface area contributed by atoms with Gasteiger partial charge >= 0.3 is 0 Å². The van der Waals surface area contributed by atoms with E-state index in [-0.39, 0.29) is 12.4 Å². The quantitative estimate of drug-likeness (QED) is 0.900. The maximum Gasteiger partial charge on any atom is 0.0346 e. The molecular formula is C17H23ClN2S. The number of aryl methyl sites for hydroxylation is 1. The average molecular weight is 323 g/mol. The molecular weight excluding hydrogens is 300 g/mol. The summed E-state index contributed by atoms with van der Waals surface area (Å²) >= 11 is 2.09. The molecule has 1 N–H and O–H groups in total. The molecule has 1 fully saturated rings. The van der Waals surface area contributed by atoms with Crippen molar-refractivity contribution in [2.75, 3.05) is 13.1 Å². The molecule has 1 aliphatic heterocycles. The van der Waals surface area contributed by atoms with Crippen molar-refractivity contribution in [3.8, 4) is 0 Å². The van der Waals surface area contributed by atoms with Crippen molar-refractivity contribution in [3.05, 3.63) is 36.2 Å². The van der Waals surface area contributed by atoms with Crippen molar-refractivity contribution in [1.29, 1.82) is 0 Å². The minimum atomic E-state index is 0. The smallest absolute Gasteiger partial charge is 0.0346 e. The van der Waals surface area contributed by atoms with Crippen LogP contribution in [0.1, 0.15) is 31.7 Å². The fraction of sp³-hybridized carbons (Fsp3) is 0.471. The van der Waals surface area contributed by atoms with Crippen LogP contribution in [0, 0.1) is 0 Å². The molecule has 0 bridgehead atoms. The lowest BCUT2D eigenvalue weighted by Crippen LogP contribution is -2.29. The Bertz CT molecular complexity index is 582. The summed E-state index contributed by atoms with van der Waals surface area (Å²) < 4.78 is 0. The van der Waals surface area contributed by atoms with Crippen LogP contribution in [0.15, 0.2) is 35.5 Å². The summed E-state index contributed by atoms with van der Waals surface area (Å²) in [7, 11) is 0. The molecule has 1 aromatic carbocycles. The molecule has 0 radical (unpaired) electrons. The van der Waals surface area contributed by atoms with Gasteiger partial charge in [0.2, 0.25) is 0 Å². The molecule has 3 rings (SSSR count). The standard InChI is InChI=1S/C17H22N2S.ClH/c1-2-3-14-10-15-12-19-7-4-13(15)11-17(14)20-16-5-8-18-9-6-16;/h4,7,10-12,16,18H,2-3,5-6,8-9H2,1H3;1H. The summed E-state index contributed by atoms with van der Waals surface area (Å²) in [6, 6.07) is 6.83. The number of benzene rings is 1. The first-order valence-corrected chi connectivity index (χ1v) is 8.49. The van der Waals surface area contributed by atoms with E-state index in [1.54, 1.807) is 0 Å². The van der Waals surface area contributed by atoms with E-state index >= 15 is 0 Å². The minimum absolute atomic E-state index is 0. The van der Waals surface area contributed by atoms with Gasteiger partial charge in [-0.2, -0.15) is 0 Å². The first-order valence-electron chi connectivity index (χ1n) is 7.61. The van der Waals surface area contributed by atoms with E-state index in [4.69, 9.17) is 0 Å². The highest BCUT2D eigenvalue weighted by Gasteiger charge is 2.16. The third-order valence-electron chi connectivity index (χ3n) is 3.92. The lowest BCUT2D eigenvalue weighted by atomic mass is 10.1. The summed E-state index contributed by atoms with van der Waals surface area (Å²) in [4.78, 5) is 5.73. The van der Waals surface area contributed by atoms with Gasteiger partial charge in [-0.25, -0.2) is 0 Å². The average Bonchev–Trinajstić information content (AvgIpc) is 2.49. The second kappa shape index (κ2) is 8.02. The van der Waals surface area contributed by atoms with Gasteiger partial charge in [-0.1, -0.05) is 13.3 Å². The van der Waals surface area contributed by atoms with Crippen LogP contribution in [0.25, 0.3) is 10.8 Å². The fourth-order valence-corrected chi connectivity index (χ4v) is 4.17. The van der Waals surface area contributed by atoms with Crippen molar-refractivity contribution in [2.45, 2.75) is 42.8 Å². The van der Waals surface area contributed by atoms with E-state index in [0.717, 1.165) is 24.8 Å². The van der Waals surface area contributed by atoms with E-state index in [1.807, 2.05) is 12.4 Å². The molecule has 1 aliphatic rings. The number of nitrogens with one attached hydrogen (secondary N) is 1. The molecule has 0 atom stereocenters. The predicted molar refractivity (Wildman–Crippen MR) is 94.7 cm³/mol. The van der Waals surface area contributed by atoms with Crippen LogP contribution in [-0.2, 0) is 6.42 Å². The zero-order chi connectivity index (χ0) is 13.8. The van der Waals surface area contributed by atoms with Gasteiger partial charge in [0.05, 0.1) is 0 Å². The van der Waals surface area contributed by atoms with Crippen LogP contribution in [0.2, 0.25) is 0 Å². The molecule has 1 saturated heterocycles. The van der Waals surface area contributed by atoms with E-state index in [9.17, 15) is 0 Å². The van der Waals surface area contributed by atoms with E-state index in [2.05, 4.69) is 47.2 Å². The first-order chi connectivity index (χ1) is 9.86. The summed E-state index contributed by atoms with van der Waals surface area (Å²) in [6.45, 7) is 4.59. The number of pyridine rings is 1. The fourth-order valence-electron chi connectivity index (χ4n) is 2.83. The number of fused-ring (bicyclic) bond motifs is 1. The van der Waals surface area contributed by atoms with Crippen LogP contribution >= 0.6 is 24.2 Å². The molecule has 4 heteroatoms. The largest absolute Gasteiger partial charge is 0.317 e. The topological polar surface area (TPSA) is 24.9 Å². The number of thioether (sulfide) groups is 1. The van der Waals surface area contributed by atoms with Gasteiger partial charge < -0.3 is 5.32 Å². The van der Waals surface area contributed by atoms with E-state index in [1.165, 1.54) is 40.5 Å². The Morgan fingerprint density at radius 1 is 1.24 bits per heavy atom. The summed E-state index contributed by atoms with van der Waals surface area (Å²) in [5, 5.41) is 6.80. The normalized spacial score (nSPS) is 15.9. The SMILES string of the molecule is CCCc1cc2cnccc2cc1SC1CCNCC1.Cl. The highest BCUT2D eigenvalue weighted by atomic mass is 35.5. The Balaban J connectivity index is 0.00000161. The van der Waals surface area contributed by atoms with Crippen LogP contribution < -0.4 is 5.32 Å². The van der Waals surface area contributed by atoms with Crippen LogP contribution in [-0.4, -0.2) is 23.3 Å². The molecule has 114 valence electrons. The first kappa shape index (κ1) is 16.6. The molecule has 2 nitrogen and oxygen atoms in total. The highest BCUT2D eigenvalue weighted by Crippen LogP contribution is 2.34. The van der Waals surface area contributed by atoms with Gasteiger partial charge in [0.25, 0.3) is 0 Å². The zero-order valence-corrected chi connectivity index (χ0v) is 14.1. The van der Waals surface area contributed by atoms with Crippen LogP contribution in [0.5, 0.6) is 0 Å². The van der Waals surface area contributed by atoms with Crippen molar-refractivity contribution in [3.63, 3.8) is 0 Å². The molecule has 0 amide bonds. The van der Waals surface area contributed by atoms with Gasteiger partial charge in [-0.05, 0) is 61.5 Å². The Kier molecular flexibility index (Phi) is 6.34. The Hall–Kier alpha value is -0.770. The minimum Gasteiger partial charge on any atom is -0.317 e. The summed E-state index contributed by atoms with van der Waals surface area (Å²) in [5.41, 5.74) is 1.50. The Morgan fingerprint density at radius 2 is 2.05 bits per heavy atom. The maximum absolute atomic E-state index is 4.24. The van der Waals surface area contributed by atoms with Gasteiger partial charge in [0, 0.05) is 27.9 Å². The van der Waals surface area contributed by atoms with Crippen molar-refractivity contribution in [1.82, 2.24) is 10.3 Å². The van der Waals surface area contributed by atoms with Crippen molar-refractivity contribution >= 4 is 34.9 Å². The Morgan fingerprint density at radius 3 is 2.81 bits per heavy atom.